The molecule has 0 aliphatic carbocycles. The monoisotopic (exact) mass is 178 g/mol. The normalized spacial score (nSPS) is 19.5. The van der Waals surface area contributed by atoms with Crippen LogP contribution in [0.1, 0.15) is 25.3 Å². The van der Waals surface area contributed by atoms with Crippen LogP contribution in [0.4, 0.5) is 5.69 Å². The van der Waals surface area contributed by atoms with Gasteiger partial charge in [0.05, 0.1) is 0 Å². The second-order valence-corrected chi connectivity index (χ2v) is 3.61. The molecule has 2 rings (SSSR count). The van der Waals surface area contributed by atoms with Crippen molar-refractivity contribution in [3.05, 3.63) is 29.2 Å². The smallest absolute Gasteiger partial charge is 0.179 e. The summed E-state index contributed by atoms with van der Waals surface area (Å²) in [7, 11) is 1.87. The highest BCUT2D eigenvalue weighted by Crippen LogP contribution is 2.34. The van der Waals surface area contributed by atoms with E-state index < -0.39 is 0 Å². The zero-order valence-electron chi connectivity index (χ0n) is 8.16. The molecule has 1 atom stereocenters. The third kappa shape index (κ3) is 1.47. The lowest BCUT2D eigenvalue weighted by Gasteiger charge is -2.12. The zero-order chi connectivity index (χ0) is 9.42. The molecule has 70 valence electrons. The van der Waals surface area contributed by atoms with Gasteiger partial charge in [0.2, 0.25) is 0 Å². The Morgan fingerprint density at radius 1 is 1.38 bits per heavy atom. The Kier molecular flexibility index (Phi) is 1.88. The second kappa shape index (κ2) is 2.92. The first-order valence-corrected chi connectivity index (χ1v) is 4.54. The summed E-state index contributed by atoms with van der Waals surface area (Å²) in [5.74, 6) is 1.43. The van der Waals surface area contributed by atoms with Crippen molar-refractivity contribution < 1.29 is 10.0 Å². The van der Waals surface area contributed by atoms with Crippen LogP contribution in [-0.2, 0) is 0 Å². The Bertz CT molecular complexity index is 323. The average molecular weight is 178 g/mol. The first-order valence-electron chi connectivity index (χ1n) is 4.54. The van der Waals surface area contributed by atoms with Gasteiger partial charge in [-0.15, -0.1) is 0 Å². The first-order chi connectivity index (χ1) is 6.16. The second-order valence-electron chi connectivity index (χ2n) is 3.61. The highest BCUT2D eigenvalue weighted by molar-refractivity contribution is 5.60. The summed E-state index contributed by atoms with van der Waals surface area (Å²) in [6.07, 6.45) is 0. The van der Waals surface area contributed by atoms with Crippen molar-refractivity contribution in [2.75, 3.05) is 7.05 Å². The Labute approximate surface area is 78.2 Å². The van der Waals surface area contributed by atoms with E-state index >= 15 is 0 Å². The fourth-order valence-electron chi connectivity index (χ4n) is 1.42. The van der Waals surface area contributed by atoms with Gasteiger partial charge in [0.25, 0.3) is 0 Å². The van der Waals surface area contributed by atoms with Crippen molar-refractivity contribution >= 4 is 5.69 Å². The minimum atomic E-state index is 0.537. The maximum Gasteiger partial charge on any atom is 0.179 e. The van der Waals surface area contributed by atoms with Crippen LogP contribution >= 0.6 is 0 Å². The number of nitrogens with zero attached hydrogens (tertiary/aromatic N) is 1. The number of quaternary nitrogens is 1. The van der Waals surface area contributed by atoms with Gasteiger partial charge in [-0.05, 0) is 23.2 Å². The van der Waals surface area contributed by atoms with Gasteiger partial charge in [-0.2, -0.15) is 5.17 Å². The van der Waals surface area contributed by atoms with Gasteiger partial charge >= 0.3 is 0 Å². The summed E-state index contributed by atoms with van der Waals surface area (Å²) >= 11 is 0. The quantitative estimate of drug-likeness (QED) is 0.694. The van der Waals surface area contributed by atoms with E-state index in [1.807, 2.05) is 13.1 Å². The lowest BCUT2D eigenvalue weighted by molar-refractivity contribution is -1.01. The lowest BCUT2D eigenvalue weighted by Crippen LogP contribution is -3.04. The molecule has 0 amide bonds. The molecule has 0 saturated carbocycles. The number of nitrogens with one attached hydrogen (secondary N) is 1. The molecule has 0 spiro atoms. The maximum absolute atomic E-state index is 5.45. The molecular formula is C10H14N2O. The van der Waals surface area contributed by atoms with Gasteiger partial charge in [-0.25, -0.2) is 0 Å². The minimum absolute atomic E-state index is 0.537. The molecule has 0 aromatic heterocycles. The van der Waals surface area contributed by atoms with Crippen LogP contribution in [0.2, 0.25) is 0 Å². The molecule has 0 fully saturated rings. The number of rotatable bonds is 1. The fraction of sp³-hybridized carbons (Fsp3) is 0.400. The number of hydrogen-bond acceptors (Lipinski definition) is 1. The molecule has 13 heavy (non-hydrogen) atoms. The van der Waals surface area contributed by atoms with Gasteiger partial charge in [-0.1, -0.05) is 26.0 Å². The number of hydrogen-bond donors (Lipinski definition) is 1. The highest BCUT2D eigenvalue weighted by Gasteiger charge is 2.12. The SMILES string of the molecule is CC(C)c1ccc2c(c1)O[NH+](C)[N-]2. The largest absolute Gasteiger partial charge is 0.441 e. The van der Waals surface area contributed by atoms with Crippen molar-refractivity contribution in [1.29, 1.82) is 0 Å². The summed E-state index contributed by atoms with van der Waals surface area (Å²) in [6, 6.07) is 6.19. The zero-order valence-corrected chi connectivity index (χ0v) is 8.16. The molecule has 0 saturated heterocycles. The van der Waals surface area contributed by atoms with Crippen molar-refractivity contribution in [1.82, 2.24) is 0 Å². The van der Waals surface area contributed by atoms with E-state index in [1.54, 1.807) is 0 Å². The fourth-order valence-corrected chi connectivity index (χ4v) is 1.42. The van der Waals surface area contributed by atoms with Crippen molar-refractivity contribution in [2.45, 2.75) is 19.8 Å². The third-order valence-corrected chi connectivity index (χ3v) is 2.19. The summed E-state index contributed by atoms with van der Waals surface area (Å²) in [5.41, 5.74) is 6.49. The van der Waals surface area contributed by atoms with E-state index in [1.165, 1.54) is 5.56 Å². The summed E-state index contributed by atoms with van der Waals surface area (Å²) < 4.78 is 0. The molecule has 1 aliphatic heterocycles. The van der Waals surface area contributed by atoms with Gasteiger partial charge in [0.1, 0.15) is 7.05 Å². The summed E-state index contributed by atoms with van der Waals surface area (Å²) in [5, 5.41) is 0.732. The van der Waals surface area contributed by atoms with Crippen LogP contribution in [0, 0.1) is 0 Å². The number of benzene rings is 1. The first kappa shape index (κ1) is 8.38. The summed E-state index contributed by atoms with van der Waals surface area (Å²) in [4.78, 5) is 5.45. The topological polar surface area (TPSA) is 27.8 Å². The maximum atomic E-state index is 5.45. The Morgan fingerprint density at radius 3 is 2.85 bits per heavy atom. The Morgan fingerprint density at radius 2 is 2.15 bits per heavy atom. The van der Waals surface area contributed by atoms with E-state index in [2.05, 4.69) is 31.4 Å². The van der Waals surface area contributed by atoms with Gasteiger partial charge < -0.3 is 10.3 Å². The van der Waals surface area contributed by atoms with Crippen LogP contribution in [0.25, 0.3) is 5.43 Å². The summed E-state index contributed by atoms with van der Waals surface area (Å²) in [6.45, 7) is 4.34. The molecule has 3 heteroatoms. The van der Waals surface area contributed by atoms with Crippen LogP contribution in [0.15, 0.2) is 18.2 Å². The standard InChI is InChI=1S/C10H14N2O/c1-7(2)8-4-5-9-10(6-8)13-12(3)11-9/h4-7,12H,1-3H3. The van der Waals surface area contributed by atoms with Crippen molar-refractivity contribution in [3.63, 3.8) is 0 Å². The van der Waals surface area contributed by atoms with Gasteiger partial charge in [0.15, 0.2) is 5.75 Å². The van der Waals surface area contributed by atoms with Crippen molar-refractivity contribution in [3.8, 4) is 5.75 Å². The third-order valence-electron chi connectivity index (χ3n) is 2.19. The van der Waals surface area contributed by atoms with Crippen molar-refractivity contribution in [2.24, 2.45) is 0 Å². The van der Waals surface area contributed by atoms with Crippen LogP contribution in [-0.4, -0.2) is 7.05 Å². The number of hydroxylamine groups is 1. The van der Waals surface area contributed by atoms with Crippen LogP contribution in [0.3, 0.4) is 0 Å². The van der Waals surface area contributed by atoms with Gasteiger partial charge in [-0.3, -0.25) is 0 Å². The molecule has 3 nitrogen and oxygen atoms in total. The van der Waals surface area contributed by atoms with E-state index in [4.69, 9.17) is 4.84 Å². The molecule has 1 N–H and O–H groups in total. The average Bonchev–Trinajstić information content (AvgIpc) is 2.42. The molecule has 1 aliphatic rings. The van der Waals surface area contributed by atoms with E-state index in [9.17, 15) is 0 Å². The lowest BCUT2D eigenvalue weighted by atomic mass is 10.0. The molecular weight excluding hydrogens is 164 g/mol. The van der Waals surface area contributed by atoms with E-state index in [-0.39, 0.29) is 0 Å². The predicted octanol–water partition coefficient (Wildman–Crippen LogP) is 1.55. The molecule has 1 unspecified atom stereocenters. The molecule has 0 radical (unpaired) electrons. The minimum Gasteiger partial charge on any atom is -0.441 e. The molecule has 1 aromatic rings. The number of fused-ring (bicyclic) bond motifs is 1. The molecule has 0 bridgehead atoms. The van der Waals surface area contributed by atoms with Crippen LogP contribution < -0.4 is 10.0 Å². The van der Waals surface area contributed by atoms with E-state index in [0.717, 1.165) is 16.6 Å². The van der Waals surface area contributed by atoms with E-state index in [0.29, 0.717) is 5.92 Å². The molecule has 1 aromatic carbocycles. The molecule has 1 heterocycles. The predicted molar refractivity (Wildman–Crippen MR) is 51.1 cm³/mol. The Hall–Kier alpha value is -1.22. The van der Waals surface area contributed by atoms with Gasteiger partial charge in [0, 0.05) is 0 Å². The Balaban J connectivity index is 2.35. The van der Waals surface area contributed by atoms with Crippen LogP contribution in [0.5, 0.6) is 5.75 Å². The highest BCUT2D eigenvalue weighted by atomic mass is 16.7.